The zero-order chi connectivity index (χ0) is 19.0. The van der Waals surface area contributed by atoms with Crippen molar-refractivity contribution >= 4 is 34.2 Å². The molecule has 3 aromatic carbocycles. The van der Waals surface area contributed by atoms with Crippen molar-refractivity contribution in [1.82, 2.24) is 9.55 Å². The van der Waals surface area contributed by atoms with Crippen molar-refractivity contribution in [3.8, 4) is 17.1 Å². The van der Waals surface area contributed by atoms with Crippen LogP contribution in [0.3, 0.4) is 0 Å². The molecular formula is C21H15Cl2FN2O. The minimum absolute atomic E-state index is 0.263. The lowest BCUT2D eigenvalue weighted by Crippen LogP contribution is -2.04. The van der Waals surface area contributed by atoms with Gasteiger partial charge in [0.1, 0.15) is 17.4 Å². The molecule has 0 aliphatic carbocycles. The van der Waals surface area contributed by atoms with Crippen LogP contribution in [0.2, 0.25) is 10.0 Å². The van der Waals surface area contributed by atoms with Gasteiger partial charge in [-0.15, -0.1) is 0 Å². The first kappa shape index (κ1) is 17.8. The molecule has 27 heavy (non-hydrogen) atoms. The van der Waals surface area contributed by atoms with Crippen molar-refractivity contribution in [2.75, 3.05) is 7.11 Å². The molecule has 0 fully saturated rings. The van der Waals surface area contributed by atoms with Gasteiger partial charge in [0.05, 0.1) is 29.7 Å². The Hall–Kier alpha value is -2.56. The van der Waals surface area contributed by atoms with Gasteiger partial charge in [0, 0.05) is 22.2 Å². The van der Waals surface area contributed by atoms with E-state index in [4.69, 9.17) is 32.9 Å². The number of hydrogen-bond donors (Lipinski definition) is 0. The molecule has 0 atom stereocenters. The van der Waals surface area contributed by atoms with E-state index >= 15 is 0 Å². The molecule has 4 rings (SSSR count). The van der Waals surface area contributed by atoms with Crippen molar-refractivity contribution in [2.45, 2.75) is 6.54 Å². The number of benzene rings is 3. The maximum absolute atomic E-state index is 14.3. The molecule has 0 saturated carbocycles. The summed E-state index contributed by atoms with van der Waals surface area (Å²) >= 11 is 12.5. The van der Waals surface area contributed by atoms with E-state index in [9.17, 15) is 4.39 Å². The normalized spacial score (nSPS) is 11.1. The molecule has 0 saturated heterocycles. The summed E-state index contributed by atoms with van der Waals surface area (Å²) in [5.74, 6) is 1.08. The van der Waals surface area contributed by atoms with Gasteiger partial charge in [-0.2, -0.15) is 0 Å². The van der Waals surface area contributed by atoms with Crippen LogP contribution in [0.25, 0.3) is 22.4 Å². The highest BCUT2D eigenvalue weighted by Crippen LogP contribution is 2.33. The topological polar surface area (TPSA) is 27.1 Å². The zero-order valence-electron chi connectivity index (χ0n) is 14.4. The number of methoxy groups -OCH3 is 1. The Kier molecular flexibility index (Phi) is 4.77. The van der Waals surface area contributed by atoms with E-state index in [0.29, 0.717) is 33.7 Å². The van der Waals surface area contributed by atoms with E-state index in [0.717, 1.165) is 16.6 Å². The number of fused-ring (bicyclic) bond motifs is 1. The number of nitrogens with zero attached hydrogens (tertiary/aromatic N) is 2. The highest BCUT2D eigenvalue weighted by molar-refractivity contribution is 6.36. The van der Waals surface area contributed by atoms with Gasteiger partial charge in [0.15, 0.2) is 0 Å². The molecule has 3 nitrogen and oxygen atoms in total. The Balaban J connectivity index is 1.95. The van der Waals surface area contributed by atoms with E-state index in [1.54, 1.807) is 31.4 Å². The lowest BCUT2D eigenvalue weighted by atomic mass is 10.1. The number of hydrogen-bond acceptors (Lipinski definition) is 2. The second-order valence-corrected chi connectivity index (χ2v) is 6.94. The van der Waals surface area contributed by atoms with Crippen LogP contribution >= 0.6 is 23.2 Å². The summed E-state index contributed by atoms with van der Waals surface area (Å²) < 4.78 is 21.5. The first-order chi connectivity index (χ1) is 13.1. The molecule has 0 radical (unpaired) electrons. The highest BCUT2D eigenvalue weighted by atomic mass is 35.5. The Bertz CT molecular complexity index is 1140. The second-order valence-electron chi connectivity index (χ2n) is 6.09. The number of imidazole rings is 1. The summed E-state index contributed by atoms with van der Waals surface area (Å²) in [4.78, 5) is 4.74. The van der Waals surface area contributed by atoms with Gasteiger partial charge >= 0.3 is 0 Å². The summed E-state index contributed by atoms with van der Waals surface area (Å²) in [6.07, 6.45) is 0. The van der Waals surface area contributed by atoms with Crippen molar-refractivity contribution in [3.05, 3.63) is 82.1 Å². The molecule has 4 aromatic rings. The van der Waals surface area contributed by atoms with Gasteiger partial charge in [-0.05, 0) is 36.4 Å². The van der Waals surface area contributed by atoms with Gasteiger partial charge < -0.3 is 9.30 Å². The van der Waals surface area contributed by atoms with Crippen LogP contribution in [-0.4, -0.2) is 16.7 Å². The first-order valence-electron chi connectivity index (χ1n) is 8.30. The van der Waals surface area contributed by atoms with Crippen LogP contribution in [0, 0.1) is 5.82 Å². The van der Waals surface area contributed by atoms with Crippen LogP contribution in [0.5, 0.6) is 5.75 Å². The fourth-order valence-electron chi connectivity index (χ4n) is 3.07. The average molecular weight is 401 g/mol. The van der Waals surface area contributed by atoms with Gasteiger partial charge in [-0.1, -0.05) is 41.4 Å². The van der Waals surface area contributed by atoms with E-state index in [2.05, 4.69) is 0 Å². The van der Waals surface area contributed by atoms with Gasteiger partial charge in [0.2, 0.25) is 0 Å². The largest absolute Gasteiger partial charge is 0.497 e. The lowest BCUT2D eigenvalue weighted by molar-refractivity contribution is 0.415. The Morgan fingerprint density at radius 2 is 1.85 bits per heavy atom. The van der Waals surface area contributed by atoms with E-state index in [1.807, 2.05) is 34.9 Å². The quantitative estimate of drug-likeness (QED) is 0.407. The molecule has 0 aliphatic rings. The molecular weight excluding hydrogens is 386 g/mol. The lowest BCUT2D eigenvalue weighted by Gasteiger charge is -2.12. The van der Waals surface area contributed by atoms with E-state index in [-0.39, 0.29) is 5.82 Å². The molecule has 0 unspecified atom stereocenters. The number of rotatable bonds is 4. The van der Waals surface area contributed by atoms with Crippen LogP contribution in [-0.2, 0) is 6.54 Å². The monoisotopic (exact) mass is 400 g/mol. The maximum atomic E-state index is 14.3. The van der Waals surface area contributed by atoms with Gasteiger partial charge in [-0.3, -0.25) is 0 Å². The zero-order valence-corrected chi connectivity index (χ0v) is 15.9. The molecule has 0 N–H and O–H groups in total. The van der Waals surface area contributed by atoms with Crippen molar-refractivity contribution in [3.63, 3.8) is 0 Å². The third kappa shape index (κ3) is 3.38. The molecule has 1 aromatic heterocycles. The standard InChI is InChI=1S/C21H15Cl2FN2O/c1-27-15-7-9-20-19(11-15)25-21(16-8-6-14(22)10-17(16)23)26(20)12-13-4-2-3-5-18(13)24/h2-11H,12H2,1H3. The molecule has 6 heteroatoms. The number of ether oxygens (including phenoxy) is 1. The van der Waals surface area contributed by atoms with Crippen LogP contribution in [0.1, 0.15) is 5.56 Å². The Morgan fingerprint density at radius 1 is 1.04 bits per heavy atom. The van der Waals surface area contributed by atoms with Crippen molar-refractivity contribution in [1.29, 1.82) is 0 Å². The predicted molar refractivity (Wildman–Crippen MR) is 107 cm³/mol. The van der Waals surface area contributed by atoms with E-state index in [1.165, 1.54) is 6.07 Å². The van der Waals surface area contributed by atoms with Gasteiger partial charge in [-0.25, -0.2) is 9.37 Å². The van der Waals surface area contributed by atoms with Crippen LogP contribution in [0.4, 0.5) is 4.39 Å². The smallest absolute Gasteiger partial charge is 0.142 e. The molecule has 136 valence electrons. The number of aromatic nitrogens is 2. The minimum Gasteiger partial charge on any atom is -0.497 e. The molecule has 0 aliphatic heterocycles. The Labute approximate surface area is 165 Å². The van der Waals surface area contributed by atoms with Gasteiger partial charge in [0.25, 0.3) is 0 Å². The summed E-state index contributed by atoms with van der Waals surface area (Å²) in [6, 6.07) is 17.6. The van der Waals surface area contributed by atoms with E-state index < -0.39 is 0 Å². The SMILES string of the molecule is COc1ccc2c(c1)nc(-c1ccc(Cl)cc1Cl)n2Cc1ccccc1F. The molecule has 0 amide bonds. The average Bonchev–Trinajstić information content (AvgIpc) is 3.01. The second kappa shape index (κ2) is 7.22. The molecule has 0 spiro atoms. The summed E-state index contributed by atoms with van der Waals surface area (Å²) in [5, 5.41) is 1.03. The summed E-state index contributed by atoms with van der Waals surface area (Å²) in [6.45, 7) is 0.323. The van der Waals surface area contributed by atoms with Crippen LogP contribution < -0.4 is 4.74 Å². The van der Waals surface area contributed by atoms with Crippen molar-refractivity contribution in [2.24, 2.45) is 0 Å². The summed E-state index contributed by atoms with van der Waals surface area (Å²) in [7, 11) is 1.61. The fraction of sp³-hybridized carbons (Fsp3) is 0.0952. The third-order valence-electron chi connectivity index (χ3n) is 4.41. The minimum atomic E-state index is -0.263. The fourth-order valence-corrected chi connectivity index (χ4v) is 3.56. The number of halogens is 3. The van der Waals surface area contributed by atoms with Crippen LogP contribution in [0.15, 0.2) is 60.7 Å². The summed E-state index contributed by atoms with van der Waals surface area (Å²) in [5.41, 5.74) is 2.90. The first-order valence-corrected chi connectivity index (χ1v) is 9.05. The highest BCUT2D eigenvalue weighted by Gasteiger charge is 2.17. The van der Waals surface area contributed by atoms with Crippen molar-refractivity contribution < 1.29 is 9.13 Å². The predicted octanol–water partition coefficient (Wildman–Crippen LogP) is 6.21. The maximum Gasteiger partial charge on any atom is 0.142 e. The molecule has 1 heterocycles. The Morgan fingerprint density at radius 3 is 2.59 bits per heavy atom. The third-order valence-corrected chi connectivity index (χ3v) is 4.96. The molecule has 0 bridgehead atoms.